The molecule has 0 aromatic heterocycles. The van der Waals surface area contributed by atoms with E-state index < -0.39 is 11.9 Å². The number of carbonyl (C=O) groups excluding carboxylic acids is 1. The van der Waals surface area contributed by atoms with Gasteiger partial charge in [0.15, 0.2) is 0 Å². The average Bonchev–Trinajstić information content (AvgIpc) is 2.48. The molecule has 1 fully saturated rings. The van der Waals surface area contributed by atoms with E-state index in [9.17, 15) is 14.3 Å². The van der Waals surface area contributed by atoms with Gasteiger partial charge in [0.05, 0.1) is 25.0 Å². The molecule has 0 saturated carbocycles. The number of aliphatic hydroxyl groups is 1. The van der Waals surface area contributed by atoms with Gasteiger partial charge in [0, 0.05) is 25.2 Å². The summed E-state index contributed by atoms with van der Waals surface area (Å²) < 4.78 is 18.5. The van der Waals surface area contributed by atoms with Gasteiger partial charge in [0.1, 0.15) is 5.82 Å². The zero-order valence-corrected chi connectivity index (χ0v) is 11.1. The van der Waals surface area contributed by atoms with Crippen LogP contribution in [-0.2, 0) is 4.74 Å². The lowest BCUT2D eigenvalue weighted by Gasteiger charge is -2.37. The molecule has 0 aliphatic carbocycles. The molecule has 2 aliphatic heterocycles. The van der Waals surface area contributed by atoms with E-state index >= 15 is 0 Å². The van der Waals surface area contributed by atoms with Crippen LogP contribution in [0.2, 0.25) is 0 Å². The zero-order valence-electron chi connectivity index (χ0n) is 11.1. The number of aliphatic hydroxyl groups excluding tert-OH is 1. The lowest BCUT2D eigenvalue weighted by atomic mass is 9.99. The van der Waals surface area contributed by atoms with E-state index in [4.69, 9.17) is 4.74 Å². The smallest absolute Gasteiger partial charge is 0.324 e. The van der Waals surface area contributed by atoms with Gasteiger partial charge in [-0.1, -0.05) is 0 Å². The molecule has 0 radical (unpaired) electrons. The molecule has 1 aromatic rings. The summed E-state index contributed by atoms with van der Waals surface area (Å²) in [5.41, 5.74) is 1.08. The molecular formula is C14H17FN2O3. The lowest BCUT2D eigenvalue weighted by Crippen LogP contribution is -2.50. The predicted molar refractivity (Wildman–Crippen MR) is 71.1 cm³/mol. The third kappa shape index (κ3) is 2.36. The van der Waals surface area contributed by atoms with Gasteiger partial charge in [-0.15, -0.1) is 0 Å². The monoisotopic (exact) mass is 280 g/mol. The minimum Gasteiger partial charge on any atom is -0.388 e. The van der Waals surface area contributed by atoms with Crippen LogP contribution in [0, 0.1) is 5.82 Å². The standard InChI is InChI=1S/C14H17FN2O3/c15-10-1-2-12-11(9-10)13(18)3-4-17(12)14(19)16-5-7-20-8-6-16/h1-2,9,13,18H,3-8H2. The van der Waals surface area contributed by atoms with Crippen molar-refractivity contribution in [3.05, 3.63) is 29.6 Å². The van der Waals surface area contributed by atoms with Gasteiger partial charge in [-0.3, -0.25) is 4.90 Å². The van der Waals surface area contributed by atoms with Crippen molar-refractivity contribution in [1.82, 2.24) is 4.90 Å². The molecule has 2 aliphatic rings. The molecule has 1 aromatic carbocycles. The van der Waals surface area contributed by atoms with Gasteiger partial charge in [-0.2, -0.15) is 0 Å². The maximum atomic E-state index is 13.3. The number of morpholine rings is 1. The topological polar surface area (TPSA) is 53.0 Å². The van der Waals surface area contributed by atoms with Crippen molar-refractivity contribution in [2.45, 2.75) is 12.5 Å². The Morgan fingerprint density at radius 2 is 2.05 bits per heavy atom. The molecule has 3 rings (SSSR count). The van der Waals surface area contributed by atoms with E-state index in [-0.39, 0.29) is 6.03 Å². The summed E-state index contributed by atoms with van der Waals surface area (Å²) in [4.78, 5) is 15.9. The summed E-state index contributed by atoms with van der Waals surface area (Å²) >= 11 is 0. The Morgan fingerprint density at radius 3 is 2.80 bits per heavy atom. The van der Waals surface area contributed by atoms with Crippen molar-refractivity contribution >= 4 is 11.7 Å². The van der Waals surface area contributed by atoms with Gasteiger partial charge >= 0.3 is 6.03 Å². The van der Waals surface area contributed by atoms with Gasteiger partial charge in [0.25, 0.3) is 0 Å². The number of rotatable bonds is 0. The number of benzene rings is 1. The van der Waals surface area contributed by atoms with E-state index in [1.807, 2.05) is 0 Å². The van der Waals surface area contributed by atoms with Gasteiger partial charge < -0.3 is 14.7 Å². The number of hydrogen-bond donors (Lipinski definition) is 1. The summed E-state index contributed by atoms with van der Waals surface area (Å²) in [7, 11) is 0. The number of anilines is 1. The minimum atomic E-state index is -0.713. The van der Waals surface area contributed by atoms with Crippen LogP contribution in [0.25, 0.3) is 0 Å². The number of fused-ring (bicyclic) bond motifs is 1. The van der Waals surface area contributed by atoms with Crippen molar-refractivity contribution in [1.29, 1.82) is 0 Å². The highest BCUT2D eigenvalue weighted by Gasteiger charge is 2.31. The Morgan fingerprint density at radius 1 is 1.30 bits per heavy atom. The number of carbonyl (C=O) groups is 1. The highest BCUT2D eigenvalue weighted by atomic mass is 19.1. The van der Waals surface area contributed by atoms with Gasteiger partial charge in [0.2, 0.25) is 0 Å². The van der Waals surface area contributed by atoms with Crippen LogP contribution in [0.1, 0.15) is 18.1 Å². The average molecular weight is 280 g/mol. The summed E-state index contributed by atoms with van der Waals surface area (Å²) in [5, 5.41) is 9.96. The molecule has 2 amide bonds. The first-order valence-electron chi connectivity index (χ1n) is 6.78. The van der Waals surface area contributed by atoms with Crippen LogP contribution in [0.15, 0.2) is 18.2 Å². The third-order valence-electron chi connectivity index (χ3n) is 3.78. The number of urea groups is 1. The Balaban J connectivity index is 1.88. The maximum Gasteiger partial charge on any atom is 0.324 e. The normalized spacial score (nSPS) is 22.6. The Hall–Kier alpha value is -1.66. The molecule has 20 heavy (non-hydrogen) atoms. The molecule has 6 heteroatoms. The van der Waals surface area contributed by atoms with Crippen LogP contribution >= 0.6 is 0 Å². The molecule has 0 bridgehead atoms. The molecule has 1 N–H and O–H groups in total. The summed E-state index contributed by atoms with van der Waals surface area (Å²) in [5.74, 6) is -0.400. The molecule has 1 unspecified atom stereocenters. The first-order chi connectivity index (χ1) is 9.66. The van der Waals surface area contributed by atoms with Crippen molar-refractivity contribution in [3.63, 3.8) is 0 Å². The lowest BCUT2D eigenvalue weighted by molar-refractivity contribution is 0.0544. The van der Waals surface area contributed by atoms with Gasteiger partial charge in [-0.25, -0.2) is 9.18 Å². The fourth-order valence-corrected chi connectivity index (χ4v) is 2.69. The molecule has 1 saturated heterocycles. The highest BCUT2D eigenvalue weighted by molar-refractivity contribution is 5.93. The number of hydrogen-bond acceptors (Lipinski definition) is 3. The zero-order chi connectivity index (χ0) is 14.1. The Bertz CT molecular complexity index is 517. The van der Waals surface area contributed by atoms with Crippen LogP contribution < -0.4 is 4.90 Å². The fraction of sp³-hybridized carbons (Fsp3) is 0.500. The van der Waals surface area contributed by atoms with Gasteiger partial charge in [-0.05, 0) is 24.6 Å². The molecule has 2 heterocycles. The molecule has 108 valence electrons. The second kappa shape index (κ2) is 5.38. The van der Waals surface area contributed by atoms with Crippen molar-refractivity contribution < 1.29 is 19.0 Å². The third-order valence-corrected chi connectivity index (χ3v) is 3.78. The second-order valence-electron chi connectivity index (χ2n) is 5.04. The fourth-order valence-electron chi connectivity index (χ4n) is 2.69. The number of nitrogens with zero attached hydrogens (tertiary/aromatic N) is 2. The van der Waals surface area contributed by atoms with E-state index in [0.717, 1.165) is 0 Å². The van der Waals surface area contributed by atoms with Crippen molar-refractivity contribution in [3.8, 4) is 0 Å². The van der Waals surface area contributed by atoms with E-state index in [1.54, 1.807) is 15.9 Å². The molecule has 0 spiro atoms. The summed E-state index contributed by atoms with van der Waals surface area (Å²) in [6.45, 7) is 2.65. The quantitative estimate of drug-likeness (QED) is 0.784. The summed E-state index contributed by atoms with van der Waals surface area (Å²) in [6, 6.07) is 4.08. The maximum absolute atomic E-state index is 13.3. The Labute approximate surface area is 116 Å². The highest BCUT2D eigenvalue weighted by Crippen LogP contribution is 2.34. The van der Waals surface area contributed by atoms with E-state index in [1.165, 1.54) is 12.1 Å². The second-order valence-corrected chi connectivity index (χ2v) is 5.04. The first kappa shape index (κ1) is 13.3. The number of ether oxygens (including phenoxy) is 1. The Kier molecular flexibility index (Phi) is 3.58. The molecule has 5 nitrogen and oxygen atoms in total. The largest absolute Gasteiger partial charge is 0.388 e. The van der Waals surface area contributed by atoms with Crippen molar-refractivity contribution in [2.24, 2.45) is 0 Å². The minimum absolute atomic E-state index is 0.104. The van der Waals surface area contributed by atoms with E-state index in [2.05, 4.69) is 0 Å². The van der Waals surface area contributed by atoms with E-state index in [0.29, 0.717) is 50.5 Å². The summed E-state index contributed by atoms with van der Waals surface area (Å²) in [6.07, 6.45) is -0.290. The van der Waals surface area contributed by atoms with Crippen LogP contribution in [0.3, 0.4) is 0 Å². The SMILES string of the molecule is O=C(N1CCOCC1)N1CCC(O)c2cc(F)ccc21. The van der Waals surface area contributed by atoms with Crippen LogP contribution in [-0.4, -0.2) is 48.9 Å². The van der Waals surface area contributed by atoms with Crippen molar-refractivity contribution in [2.75, 3.05) is 37.7 Å². The number of amides is 2. The number of halogens is 1. The van der Waals surface area contributed by atoms with Crippen LogP contribution in [0.5, 0.6) is 0 Å². The molecular weight excluding hydrogens is 263 g/mol. The predicted octanol–water partition coefficient (Wildman–Crippen LogP) is 1.52. The van der Waals surface area contributed by atoms with Crippen LogP contribution in [0.4, 0.5) is 14.9 Å². The molecule has 1 atom stereocenters. The first-order valence-corrected chi connectivity index (χ1v) is 6.78.